The highest BCUT2D eigenvalue weighted by molar-refractivity contribution is 7.90. The molecule has 4 heterocycles. The van der Waals surface area contributed by atoms with Gasteiger partial charge in [0.25, 0.3) is 17.5 Å². The molecule has 0 spiro atoms. The van der Waals surface area contributed by atoms with Gasteiger partial charge in [0.05, 0.1) is 39.8 Å². The van der Waals surface area contributed by atoms with E-state index in [-0.39, 0.29) is 27.6 Å². The molecule has 0 atom stereocenters. The lowest BCUT2D eigenvalue weighted by atomic mass is 10.0. The molecule has 3 aliphatic rings. The van der Waals surface area contributed by atoms with E-state index < -0.39 is 32.2 Å². The largest absolute Gasteiger partial charge is 0.872 e. The summed E-state index contributed by atoms with van der Waals surface area (Å²) in [5, 5.41) is 28.5. The van der Waals surface area contributed by atoms with Crippen molar-refractivity contribution in [3.8, 4) is 5.75 Å². The highest BCUT2D eigenvalue weighted by Crippen LogP contribution is 2.37. The molecule has 1 aromatic heterocycles. The molecule has 0 aliphatic carbocycles. The molecular weight excluding hydrogens is 624 g/mol. The number of nitro groups is 1. The first-order chi connectivity index (χ1) is 22.4. The average molecular weight is 665 g/mol. The van der Waals surface area contributed by atoms with Gasteiger partial charge in [-0.3, -0.25) is 19.7 Å². The lowest BCUT2D eigenvalue weighted by Crippen LogP contribution is -2.85. The second kappa shape index (κ2) is 14.1. The van der Waals surface area contributed by atoms with Gasteiger partial charge >= 0.3 is 0 Å². The number of nitrogens with one attached hydrogen (secondary N) is 2. The predicted molar refractivity (Wildman–Crippen MR) is 176 cm³/mol. The summed E-state index contributed by atoms with van der Waals surface area (Å²) in [6.07, 6.45) is 5.95. The summed E-state index contributed by atoms with van der Waals surface area (Å²) in [5.41, 5.74) is 2.80. The molecule has 3 aliphatic heterocycles. The van der Waals surface area contributed by atoms with Gasteiger partial charge in [0.15, 0.2) is 9.84 Å². The van der Waals surface area contributed by atoms with E-state index in [1.165, 1.54) is 50.6 Å². The summed E-state index contributed by atoms with van der Waals surface area (Å²) >= 11 is 0. The van der Waals surface area contributed by atoms with Crippen molar-refractivity contribution in [2.45, 2.75) is 43.8 Å². The summed E-state index contributed by atoms with van der Waals surface area (Å²) in [5.74, 6) is -1.89. The number of hydrogen-bond acceptors (Lipinski definition) is 8. The standard InChI is InChI=1S/C28H29N5O7S.C5H11N/c1-16-24(29-17(2)26(16)28(36)32-10-8-31(3)9-11-32)14-22-21-13-20(5-6-23(21)30-27(22)35)41(39,40)15-18-12-19(33(37)38)4-7-25(18)34;1-2-4-6-5-3-1/h4-7,12-14,29,34H,8-11,15H2,1-3H3,(H,30,35);6H,1-5H2/b22-14-;. The maximum absolute atomic E-state index is 13.3. The fraction of sp³-hybridized carbons (Fsp3) is 0.394. The van der Waals surface area contributed by atoms with Crippen LogP contribution in [0.3, 0.4) is 0 Å². The molecule has 0 unspecified atom stereocenters. The summed E-state index contributed by atoms with van der Waals surface area (Å²) in [7, 11) is -2.09. The predicted octanol–water partition coefficient (Wildman–Crippen LogP) is 2.20. The van der Waals surface area contributed by atoms with E-state index >= 15 is 0 Å². The number of H-pyrrole nitrogens is 1. The Kier molecular flexibility index (Phi) is 10.1. The minimum absolute atomic E-state index is 0.0856. The fourth-order valence-electron chi connectivity index (χ4n) is 6.03. The van der Waals surface area contributed by atoms with Crippen LogP contribution < -0.4 is 15.7 Å². The van der Waals surface area contributed by atoms with Crippen LogP contribution in [-0.4, -0.2) is 86.3 Å². The van der Waals surface area contributed by atoms with Crippen LogP contribution in [0, 0.1) is 24.0 Å². The van der Waals surface area contributed by atoms with Gasteiger partial charge in [-0.15, -0.1) is 5.75 Å². The van der Waals surface area contributed by atoms with E-state index in [9.17, 15) is 33.2 Å². The van der Waals surface area contributed by atoms with Crippen molar-refractivity contribution >= 4 is 44.7 Å². The Morgan fingerprint density at radius 1 is 1.04 bits per heavy atom. The van der Waals surface area contributed by atoms with Gasteiger partial charge in [0.2, 0.25) is 0 Å². The van der Waals surface area contributed by atoms with E-state index in [1.807, 2.05) is 11.9 Å². The molecule has 4 N–H and O–H groups in total. The van der Waals surface area contributed by atoms with Gasteiger partial charge in [-0.05, 0) is 75.6 Å². The topological polar surface area (TPSA) is 185 Å². The number of fused-ring (bicyclic) bond motifs is 1. The molecule has 0 bridgehead atoms. The molecule has 2 aromatic carbocycles. The normalized spacial score (nSPS) is 17.6. The number of piperazine rings is 1. The van der Waals surface area contributed by atoms with Crippen LogP contribution in [0.4, 0.5) is 11.4 Å². The van der Waals surface area contributed by atoms with Gasteiger partial charge in [-0.25, -0.2) is 8.42 Å². The number of sulfone groups is 1. The molecule has 3 aromatic rings. The number of aromatic nitrogens is 1. The summed E-state index contributed by atoms with van der Waals surface area (Å²) in [6, 6.07) is 7.07. The number of piperidine rings is 1. The summed E-state index contributed by atoms with van der Waals surface area (Å²) in [6.45, 7) is 9.15. The average Bonchev–Trinajstić information content (AvgIpc) is 3.52. The van der Waals surface area contributed by atoms with Crippen molar-refractivity contribution in [2.75, 3.05) is 51.6 Å². The molecule has 2 fully saturated rings. The molecule has 14 heteroatoms. The Morgan fingerprint density at radius 2 is 1.74 bits per heavy atom. The quantitative estimate of drug-likeness (QED) is 0.203. The number of nitro benzene ring substituents is 1. The van der Waals surface area contributed by atoms with Crippen LogP contribution in [0.15, 0.2) is 41.3 Å². The maximum Gasteiger partial charge on any atom is 0.269 e. The van der Waals surface area contributed by atoms with Crippen LogP contribution >= 0.6 is 0 Å². The minimum atomic E-state index is -4.10. The SMILES string of the molecule is C1CC[NH2+]CC1.Cc1[nH]c(/C=C2\C(=O)Nc3ccc(S(=O)(=O)Cc4cc([N+](=O)[O-])ccc4[O-])cc32)c(C)c1C(=O)N1CCN(C)CC1. The second-order valence-corrected chi connectivity index (χ2v) is 14.2. The number of carbonyl (C=O) groups is 2. The smallest absolute Gasteiger partial charge is 0.269 e. The summed E-state index contributed by atoms with van der Waals surface area (Å²) < 4.78 is 26.5. The molecule has 6 rings (SSSR count). The van der Waals surface area contributed by atoms with Crippen LogP contribution in [0.1, 0.15) is 57.7 Å². The van der Waals surface area contributed by atoms with E-state index in [0.29, 0.717) is 46.9 Å². The Labute approximate surface area is 273 Å². The van der Waals surface area contributed by atoms with Gasteiger partial charge in [-0.2, -0.15) is 0 Å². The van der Waals surface area contributed by atoms with E-state index in [1.54, 1.807) is 19.9 Å². The monoisotopic (exact) mass is 664 g/mol. The number of non-ortho nitro benzene ring substituents is 1. The molecule has 250 valence electrons. The molecule has 13 nitrogen and oxygen atoms in total. The van der Waals surface area contributed by atoms with Crippen LogP contribution in [0.2, 0.25) is 0 Å². The van der Waals surface area contributed by atoms with Gasteiger partial charge in [0.1, 0.15) is 0 Å². The second-order valence-electron chi connectivity index (χ2n) is 12.2. The number of nitrogens with zero attached hydrogens (tertiary/aromatic N) is 3. The van der Waals surface area contributed by atoms with Crippen LogP contribution in [0.5, 0.6) is 5.75 Å². The van der Waals surface area contributed by atoms with Crippen LogP contribution in [-0.2, 0) is 20.4 Å². The van der Waals surface area contributed by atoms with Gasteiger partial charge < -0.3 is 30.5 Å². The molecular formula is C33H40N6O7S. The highest BCUT2D eigenvalue weighted by Gasteiger charge is 2.29. The number of carbonyl (C=O) groups excluding carboxylic acids is 2. The first kappa shape index (κ1) is 33.8. The Balaban J connectivity index is 0.000000650. The number of hydrogen-bond donors (Lipinski definition) is 3. The van der Waals surface area contributed by atoms with Crippen molar-refractivity contribution in [1.82, 2.24) is 14.8 Å². The molecule has 2 saturated heterocycles. The molecule has 47 heavy (non-hydrogen) atoms. The third-order valence-corrected chi connectivity index (χ3v) is 10.5. The molecule has 0 radical (unpaired) electrons. The zero-order valence-corrected chi connectivity index (χ0v) is 27.6. The molecule has 0 saturated carbocycles. The number of amides is 2. The number of quaternary nitrogens is 1. The summed E-state index contributed by atoms with van der Waals surface area (Å²) in [4.78, 5) is 43.7. The van der Waals surface area contributed by atoms with E-state index in [2.05, 4.69) is 20.5 Å². The van der Waals surface area contributed by atoms with E-state index in [4.69, 9.17) is 0 Å². The third-order valence-electron chi connectivity index (χ3n) is 8.82. The van der Waals surface area contributed by atoms with Gasteiger partial charge in [-0.1, -0.05) is 6.07 Å². The zero-order valence-electron chi connectivity index (χ0n) is 26.8. The van der Waals surface area contributed by atoms with Gasteiger partial charge in [0, 0.05) is 61.0 Å². The van der Waals surface area contributed by atoms with Crippen molar-refractivity contribution in [1.29, 1.82) is 0 Å². The van der Waals surface area contributed by atoms with Crippen LogP contribution in [0.25, 0.3) is 11.6 Å². The maximum atomic E-state index is 13.3. The Morgan fingerprint density at radius 3 is 2.36 bits per heavy atom. The number of likely N-dealkylation sites (N-methyl/N-ethyl adjacent to an activating group) is 1. The van der Waals surface area contributed by atoms with Crippen molar-refractivity contribution in [3.63, 3.8) is 0 Å². The fourth-order valence-corrected chi connectivity index (χ4v) is 7.41. The van der Waals surface area contributed by atoms with Crippen molar-refractivity contribution < 1.29 is 33.4 Å². The third kappa shape index (κ3) is 7.56. The minimum Gasteiger partial charge on any atom is -0.872 e. The lowest BCUT2D eigenvalue weighted by Gasteiger charge is -2.32. The number of rotatable bonds is 6. The van der Waals surface area contributed by atoms with Crippen molar-refractivity contribution in [3.05, 3.63) is 80.2 Å². The van der Waals surface area contributed by atoms with E-state index in [0.717, 1.165) is 31.3 Å². The zero-order chi connectivity index (χ0) is 33.9. The Hall–Kier alpha value is -4.53. The molecule has 2 amide bonds. The first-order valence-electron chi connectivity index (χ1n) is 15.7. The first-order valence-corrected chi connectivity index (χ1v) is 17.3. The number of benzene rings is 2. The Bertz CT molecular complexity index is 1830. The lowest BCUT2D eigenvalue weighted by molar-refractivity contribution is -0.662. The van der Waals surface area contributed by atoms with Crippen molar-refractivity contribution in [2.24, 2.45) is 0 Å². The highest BCUT2D eigenvalue weighted by atomic mass is 32.2. The number of aromatic amines is 1. The number of anilines is 1. The number of aryl methyl sites for hydroxylation is 1. The number of nitrogens with two attached hydrogens (primary N) is 1.